The molecule has 1 nitrogen and oxygen atoms in total. The van der Waals surface area contributed by atoms with Gasteiger partial charge >= 0.3 is 0 Å². The molecule has 0 unspecified atom stereocenters. The van der Waals surface area contributed by atoms with Gasteiger partial charge in [-0.1, -0.05) is 48.5 Å². The van der Waals surface area contributed by atoms with Gasteiger partial charge in [0.05, 0.1) is 7.11 Å². The van der Waals surface area contributed by atoms with Crippen LogP contribution in [0, 0.1) is 0 Å². The summed E-state index contributed by atoms with van der Waals surface area (Å²) in [6.45, 7) is 0. The lowest BCUT2D eigenvalue weighted by Gasteiger charge is -2.10. The third-order valence-corrected chi connectivity index (χ3v) is 7.95. The fourth-order valence-corrected chi connectivity index (χ4v) is 6.80. The van der Waals surface area contributed by atoms with E-state index >= 15 is 0 Å². The van der Waals surface area contributed by atoms with Crippen molar-refractivity contribution < 1.29 is 4.74 Å². The molecule has 4 heteroatoms. The predicted octanol–water partition coefficient (Wildman–Crippen LogP) is 7.45. The third kappa shape index (κ3) is 3.61. The zero-order valence-corrected chi connectivity index (χ0v) is 16.1. The van der Waals surface area contributed by atoms with Gasteiger partial charge < -0.3 is 4.74 Å². The predicted molar refractivity (Wildman–Crippen MR) is 114 cm³/mol. The van der Waals surface area contributed by atoms with E-state index in [2.05, 4.69) is 66.7 Å². The van der Waals surface area contributed by atoms with Crippen LogP contribution in [0.2, 0.25) is 0 Å². The van der Waals surface area contributed by atoms with Gasteiger partial charge in [-0.2, -0.15) is 0 Å². The van der Waals surface area contributed by atoms with Gasteiger partial charge in [0.2, 0.25) is 0 Å². The highest BCUT2D eigenvalue weighted by Gasteiger charge is 2.09. The molecule has 0 aliphatic heterocycles. The Labute approximate surface area is 158 Å². The summed E-state index contributed by atoms with van der Waals surface area (Å²) in [5, 5.41) is 5.21. The number of hydrogen-bond acceptors (Lipinski definition) is 4. The van der Waals surface area contributed by atoms with Crippen LogP contribution < -0.4 is 4.74 Å². The summed E-state index contributed by atoms with van der Waals surface area (Å²) in [4.78, 5) is 2.56. The second kappa shape index (κ2) is 7.65. The van der Waals surface area contributed by atoms with Crippen LogP contribution in [-0.4, -0.2) is 7.11 Å². The second-order valence-electron chi connectivity index (χ2n) is 5.56. The standard InChI is InChI=1S/C21H16OS3/c1-22-17-10-12-18(13-11-17)23-25-24-21-19-8-4-2-6-15(19)14-16-7-3-5-9-20(16)21/h2-14H,1H3. The third-order valence-electron chi connectivity index (χ3n) is 4.03. The van der Waals surface area contributed by atoms with Crippen molar-refractivity contribution in [2.75, 3.05) is 7.11 Å². The fraction of sp³-hybridized carbons (Fsp3) is 0.0476. The summed E-state index contributed by atoms with van der Waals surface area (Å²) in [5.41, 5.74) is 0. The lowest BCUT2D eigenvalue weighted by molar-refractivity contribution is 0.414. The van der Waals surface area contributed by atoms with Crippen molar-refractivity contribution in [2.24, 2.45) is 0 Å². The van der Waals surface area contributed by atoms with Crippen molar-refractivity contribution in [3.63, 3.8) is 0 Å². The van der Waals surface area contributed by atoms with Crippen LogP contribution in [0.25, 0.3) is 21.5 Å². The van der Waals surface area contributed by atoms with Crippen LogP contribution in [0.1, 0.15) is 0 Å². The molecule has 25 heavy (non-hydrogen) atoms. The summed E-state index contributed by atoms with van der Waals surface area (Å²) >= 11 is 0. The number of hydrogen-bond donors (Lipinski definition) is 0. The van der Waals surface area contributed by atoms with E-state index in [1.165, 1.54) is 31.3 Å². The maximum absolute atomic E-state index is 5.22. The van der Waals surface area contributed by atoms with Crippen molar-refractivity contribution in [1.82, 2.24) is 0 Å². The van der Waals surface area contributed by atoms with Crippen LogP contribution in [0.3, 0.4) is 0 Å². The zero-order valence-electron chi connectivity index (χ0n) is 13.6. The highest BCUT2D eigenvalue weighted by molar-refractivity contribution is 9.09. The molecule has 0 radical (unpaired) electrons. The lowest BCUT2D eigenvalue weighted by Crippen LogP contribution is -1.81. The number of fused-ring (bicyclic) bond motifs is 2. The number of benzene rings is 4. The molecule has 0 saturated heterocycles. The van der Waals surface area contributed by atoms with Gasteiger partial charge in [-0.25, -0.2) is 0 Å². The summed E-state index contributed by atoms with van der Waals surface area (Å²) < 4.78 is 5.22. The summed E-state index contributed by atoms with van der Waals surface area (Å²) in [7, 11) is 7.10. The summed E-state index contributed by atoms with van der Waals surface area (Å²) in [6.07, 6.45) is 0. The van der Waals surface area contributed by atoms with E-state index < -0.39 is 0 Å². The van der Waals surface area contributed by atoms with Crippen LogP contribution in [-0.2, 0) is 0 Å². The first-order chi connectivity index (χ1) is 12.3. The Kier molecular flexibility index (Phi) is 5.11. The van der Waals surface area contributed by atoms with Crippen molar-refractivity contribution in [2.45, 2.75) is 9.79 Å². The van der Waals surface area contributed by atoms with E-state index in [1.54, 1.807) is 27.7 Å². The molecule has 0 amide bonds. The van der Waals surface area contributed by atoms with Gasteiger partial charge in [0.15, 0.2) is 0 Å². The van der Waals surface area contributed by atoms with E-state index in [-0.39, 0.29) is 0 Å². The quantitative estimate of drug-likeness (QED) is 0.262. The molecule has 0 aliphatic carbocycles. The van der Waals surface area contributed by atoms with Gasteiger partial charge in [0, 0.05) is 9.79 Å². The van der Waals surface area contributed by atoms with Gasteiger partial charge in [0.25, 0.3) is 0 Å². The second-order valence-corrected chi connectivity index (χ2v) is 9.54. The van der Waals surface area contributed by atoms with Crippen LogP contribution in [0.5, 0.6) is 5.75 Å². The normalized spacial score (nSPS) is 11.1. The molecule has 0 aromatic heterocycles. The molecule has 0 N–H and O–H groups in total. The van der Waals surface area contributed by atoms with Crippen molar-refractivity contribution in [3.05, 3.63) is 78.9 Å². The number of rotatable bonds is 5. The average Bonchev–Trinajstić information content (AvgIpc) is 2.68. The Bertz CT molecular complexity index is 958. The first-order valence-electron chi connectivity index (χ1n) is 7.91. The maximum Gasteiger partial charge on any atom is 0.118 e. The Morgan fingerprint density at radius 3 is 1.88 bits per heavy atom. The summed E-state index contributed by atoms with van der Waals surface area (Å²) in [5.74, 6) is 0.891. The van der Waals surface area contributed by atoms with E-state index in [9.17, 15) is 0 Å². The Morgan fingerprint density at radius 2 is 1.28 bits per heavy atom. The molecule has 124 valence electrons. The molecule has 0 aliphatic rings. The van der Waals surface area contributed by atoms with E-state index in [1.807, 2.05) is 22.9 Å². The Balaban J connectivity index is 1.62. The number of methoxy groups -OCH3 is 1. The topological polar surface area (TPSA) is 9.23 Å². The first-order valence-corrected chi connectivity index (χ1v) is 11.4. The first kappa shape index (κ1) is 16.7. The molecule has 0 bridgehead atoms. The molecule has 0 fully saturated rings. The van der Waals surface area contributed by atoms with Gasteiger partial charge in [-0.05, 0) is 83.3 Å². The van der Waals surface area contributed by atoms with Crippen molar-refractivity contribution in [3.8, 4) is 5.75 Å². The zero-order chi connectivity index (χ0) is 17.1. The number of ether oxygens (including phenoxy) is 1. The average molecular weight is 381 g/mol. The molecule has 0 heterocycles. The fourth-order valence-electron chi connectivity index (χ4n) is 2.78. The molecule has 0 atom stereocenters. The molecular weight excluding hydrogens is 364 g/mol. The highest BCUT2D eigenvalue weighted by atomic mass is 33.5. The van der Waals surface area contributed by atoms with E-state index in [4.69, 9.17) is 4.74 Å². The minimum Gasteiger partial charge on any atom is -0.497 e. The SMILES string of the molecule is COc1ccc(SSSc2c3ccccc3cc3ccccc23)cc1. The Hall–Kier alpha value is -1.75. The summed E-state index contributed by atoms with van der Waals surface area (Å²) in [6, 6.07) is 27.7. The van der Waals surface area contributed by atoms with Gasteiger partial charge in [0.1, 0.15) is 5.75 Å². The van der Waals surface area contributed by atoms with Gasteiger partial charge in [-0.15, -0.1) is 0 Å². The van der Waals surface area contributed by atoms with Gasteiger partial charge in [-0.3, -0.25) is 0 Å². The highest BCUT2D eigenvalue weighted by Crippen LogP contribution is 2.48. The lowest BCUT2D eigenvalue weighted by atomic mass is 10.0. The molecule has 4 aromatic rings. The molecule has 0 saturated carbocycles. The van der Waals surface area contributed by atoms with Crippen molar-refractivity contribution >= 4 is 53.0 Å². The monoisotopic (exact) mass is 380 g/mol. The van der Waals surface area contributed by atoms with Crippen LogP contribution >= 0.6 is 31.4 Å². The van der Waals surface area contributed by atoms with E-state index in [0.29, 0.717) is 0 Å². The molecular formula is C21H16OS3. The molecule has 4 rings (SSSR count). The largest absolute Gasteiger partial charge is 0.497 e. The molecule has 4 aromatic carbocycles. The van der Waals surface area contributed by atoms with Crippen LogP contribution in [0.4, 0.5) is 0 Å². The smallest absolute Gasteiger partial charge is 0.118 e. The minimum atomic E-state index is 0.891. The maximum atomic E-state index is 5.22. The minimum absolute atomic E-state index is 0.891. The van der Waals surface area contributed by atoms with Crippen LogP contribution in [0.15, 0.2) is 88.7 Å². The molecule has 0 spiro atoms. The van der Waals surface area contributed by atoms with Crippen molar-refractivity contribution in [1.29, 1.82) is 0 Å². The Morgan fingerprint density at radius 1 is 0.680 bits per heavy atom. The van der Waals surface area contributed by atoms with E-state index in [0.717, 1.165) is 5.75 Å².